The molecule has 4 nitrogen and oxygen atoms in total. The molecule has 0 aromatic carbocycles. The highest BCUT2D eigenvalue weighted by Crippen LogP contribution is 2.22. The maximum atomic E-state index is 11.7. The number of rotatable bonds is 5. The summed E-state index contributed by atoms with van der Waals surface area (Å²) in [7, 11) is 1.27. The van der Waals surface area contributed by atoms with Crippen LogP contribution in [0.3, 0.4) is 0 Å². The molecule has 0 saturated carbocycles. The minimum Gasteiger partial charge on any atom is -0.453 e. The Labute approximate surface area is 90.7 Å². The molecule has 0 aromatic heterocycles. The van der Waals surface area contributed by atoms with E-state index >= 15 is 0 Å². The molecular weight excluding hydrogens is 194 g/mol. The molecule has 1 amide bonds. The number of amides is 1. The predicted molar refractivity (Wildman–Crippen MR) is 58.6 cm³/mol. The van der Waals surface area contributed by atoms with Crippen LogP contribution in [0, 0.1) is 5.92 Å². The van der Waals surface area contributed by atoms with Crippen molar-refractivity contribution in [3.05, 3.63) is 12.7 Å². The Morgan fingerprint density at radius 1 is 1.60 bits per heavy atom. The Hall–Kier alpha value is -1.32. The van der Waals surface area contributed by atoms with Crippen LogP contribution in [0.1, 0.15) is 27.2 Å². The Balaban J connectivity index is 4.93. The van der Waals surface area contributed by atoms with Crippen LogP contribution in [0.4, 0.5) is 4.79 Å². The zero-order valence-electron chi connectivity index (χ0n) is 9.79. The van der Waals surface area contributed by atoms with Gasteiger partial charge in [-0.1, -0.05) is 26.8 Å². The summed E-state index contributed by atoms with van der Waals surface area (Å²) < 4.78 is 4.50. The maximum Gasteiger partial charge on any atom is 0.407 e. The van der Waals surface area contributed by atoms with E-state index in [1.165, 1.54) is 13.2 Å². The number of carbonyl (C=O) groups excluding carboxylic acids is 2. The molecule has 0 radical (unpaired) electrons. The second-order valence-electron chi connectivity index (χ2n) is 3.70. The van der Waals surface area contributed by atoms with E-state index in [1.54, 1.807) is 6.92 Å². The number of nitrogens with one attached hydrogen (secondary N) is 1. The molecule has 15 heavy (non-hydrogen) atoms. The van der Waals surface area contributed by atoms with E-state index in [1.807, 2.05) is 13.8 Å². The summed E-state index contributed by atoms with van der Waals surface area (Å²) in [6, 6.07) is 0. The van der Waals surface area contributed by atoms with Gasteiger partial charge in [-0.25, -0.2) is 4.79 Å². The molecule has 0 aromatic rings. The molecule has 0 spiro atoms. The van der Waals surface area contributed by atoms with E-state index in [4.69, 9.17) is 0 Å². The van der Waals surface area contributed by atoms with Crippen LogP contribution in [-0.2, 0) is 9.53 Å². The summed E-state index contributed by atoms with van der Waals surface area (Å²) >= 11 is 0. The molecule has 0 aliphatic rings. The molecule has 0 aliphatic heterocycles. The number of ether oxygens (including phenoxy) is 1. The summed E-state index contributed by atoms with van der Waals surface area (Å²) in [5, 5.41) is 2.56. The smallest absolute Gasteiger partial charge is 0.407 e. The van der Waals surface area contributed by atoms with Gasteiger partial charge in [0.25, 0.3) is 0 Å². The SMILES string of the molecule is C=CC(=O)C(C)(NC(=O)OC)[C@H](C)CC. The quantitative estimate of drug-likeness (QED) is 0.710. The van der Waals surface area contributed by atoms with Crippen molar-refractivity contribution in [1.82, 2.24) is 5.32 Å². The van der Waals surface area contributed by atoms with Crippen LogP contribution in [0.2, 0.25) is 0 Å². The molecule has 0 fully saturated rings. The molecule has 0 bridgehead atoms. The molecule has 2 atom stereocenters. The minimum absolute atomic E-state index is 0.0158. The first-order valence-electron chi connectivity index (χ1n) is 4.95. The molecule has 86 valence electrons. The fraction of sp³-hybridized carbons (Fsp3) is 0.636. The number of methoxy groups -OCH3 is 1. The Morgan fingerprint density at radius 3 is 2.47 bits per heavy atom. The highest BCUT2D eigenvalue weighted by atomic mass is 16.5. The topological polar surface area (TPSA) is 55.4 Å². The lowest BCUT2D eigenvalue weighted by Crippen LogP contribution is -2.55. The van der Waals surface area contributed by atoms with Crippen molar-refractivity contribution >= 4 is 11.9 Å². The second kappa shape index (κ2) is 5.53. The lowest BCUT2D eigenvalue weighted by molar-refractivity contribution is -0.121. The summed E-state index contributed by atoms with van der Waals surface area (Å²) in [5.74, 6) is -0.190. The van der Waals surface area contributed by atoms with E-state index in [0.717, 1.165) is 6.42 Å². The van der Waals surface area contributed by atoms with E-state index in [-0.39, 0.29) is 11.7 Å². The Bertz CT molecular complexity index is 263. The van der Waals surface area contributed by atoms with Gasteiger partial charge in [0, 0.05) is 0 Å². The number of hydrogen-bond donors (Lipinski definition) is 1. The van der Waals surface area contributed by atoms with Crippen LogP contribution in [0.5, 0.6) is 0 Å². The molecule has 0 heterocycles. The summed E-state index contributed by atoms with van der Waals surface area (Å²) in [5.41, 5.74) is -0.941. The van der Waals surface area contributed by atoms with Crippen molar-refractivity contribution in [3.63, 3.8) is 0 Å². The first-order chi connectivity index (χ1) is 6.92. The molecular formula is C11H19NO3. The van der Waals surface area contributed by atoms with Crippen LogP contribution < -0.4 is 5.32 Å². The second-order valence-corrected chi connectivity index (χ2v) is 3.70. The molecule has 0 aliphatic carbocycles. The maximum absolute atomic E-state index is 11.7. The average Bonchev–Trinajstić information content (AvgIpc) is 2.25. The molecule has 0 saturated heterocycles. The lowest BCUT2D eigenvalue weighted by Gasteiger charge is -2.33. The van der Waals surface area contributed by atoms with Crippen molar-refractivity contribution < 1.29 is 14.3 Å². The van der Waals surface area contributed by atoms with Crippen molar-refractivity contribution in [2.24, 2.45) is 5.92 Å². The van der Waals surface area contributed by atoms with E-state index in [2.05, 4.69) is 16.6 Å². The molecule has 4 heteroatoms. The van der Waals surface area contributed by atoms with Gasteiger partial charge in [-0.15, -0.1) is 0 Å². The van der Waals surface area contributed by atoms with E-state index in [9.17, 15) is 9.59 Å². The zero-order valence-corrected chi connectivity index (χ0v) is 9.79. The van der Waals surface area contributed by atoms with Crippen molar-refractivity contribution in [2.45, 2.75) is 32.7 Å². The Morgan fingerprint density at radius 2 is 2.13 bits per heavy atom. The normalized spacial score (nSPS) is 16.0. The van der Waals surface area contributed by atoms with E-state index in [0.29, 0.717) is 0 Å². The van der Waals surface area contributed by atoms with Gasteiger partial charge in [0.15, 0.2) is 5.78 Å². The van der Waals surface area contributed by atoms with Crippen molar-refractivity contribution in [1.29, 1.82) is 0 Å². The number of hydrogen-bond acceptors (Lipinski definition) is 3. The lowest BCUT2D eigenvalue weighted by atomic mass is 9.81. The van der Waals surface area contributed by atoms with Crippen LogP contribution >= 0.6 is 0 Å². The molecule has 1 unspecified atom stereocenters. The Kier molecular flexibility index (Phi) is 5.05. The summed E-state index contributed by atoms with van der Waals surface area (Å²) in [6.07, 6.45) is 1.40. The van der Waals surface area contributed by atoms with Gasteiger partial charge in [-0.05, 0) is 18.9 Å². The predicted octanol–water partition coefficient (Wildman–Crippen LogP) is 1.90. The van der Waals surface area contributed by atoms with Gasteiger partial charge in [0.1, 0.15) is 5.54 Å². The fourth-order valence-electron chi connectivity index (χ4n) is 1.31. The number of carbonyl (C=O) groups is 2. The molecule has 0 rings (SSSR count). The third-order valence-electron chi connectivity index (χ3n) is 2.84. The van der Waals surface area contributed by atoms with Crippen LogP contribution in [0.15, 0.2) is 12.7 Å². The van der Waals surface area contributed by atoms with Crippen LogP contribution in [-0.4, -0.2) is 24.5 Å². The van der Waals surface area contributed by atoms with Gasteiger partial charge in [-0.2, -0.15) is 0 Å². The highest BCUT2D eigenvalue weighted by molar-refractivity contribution is 5.99. The third kappa shape index (κ3) is 3.08. The first kappa shape index (κ1) is 13.7. The summed E-state index contributed by atoms with van der Waals surface area (Å²) in [4.78, 5) is 22.8. The standard InChI is InChI=1S/C11H19NO3/c1-6-8(3)11(4,9(13)7-2)12-10(14)15-5/h7-8H,2,6H2,1,3-5H3,(H,12,14)/t8-,11?/m1/s1. The largest absolute Gasteiger partial charge is 0.453 e. The van der Waals surface area contributed by atoms with Crippen molar-refractivity contribution in [2.75, 3.05) is 7.11 Å². The van der Waals surface area contributed by atoms with E-state index < -0.39 is 11.6 Å². The van der Waals surface area contributed by atoms with Crippen LogP contribution in [0.25, 0.3) is 0 Å². The first-order valence-corrected chi connectivity index (χ1v) is 4.95. The van der Waals surface area contributed by atoms with Gasteiger partial charge in [-0.3, -0.25) is 4.79 Å². The average molecular weight is 213 g/mol. The molecule has 1 N–H and O–H groups in total. The fourth-order valence-corrected chi connectivity index (χ4v) is 1.31. The number of alkyl carbamates (subject to hydrolysis) is 1. The third-order valence-corrected chi connectivity index (χ3v) is 2.84. The van der Waals surface area contributed by atoms with Gasteiger partial charge < -0.3 is 10.1 Å². The minimum atomic E-state index is -0.941. The van der Waals surface area contributed by atoms with Gasteiger partial charge in [0.2, 0.25) is 0 Å². The monoisotopic (exact) mass is 213 g/mol. The highest BCUT2D eigenvalue weighted by Gasteiger charge is 2.37. The number of ketones is 1. The van der Waals surface area contributed by atoms with Gasteiger partial charge in [0.05, 0.1) is 7.11 Å². The summed E-state index contributed by atoms with van der Waals surface area (Å²) in [6.45, 7) is 8.97. The van der Waals surface area contributed by atoms with Crippen molar-refractivity contribution in [3.8, 4) is 0 Å². The zero-order chi connectivity index (χ0) is 12.1. The van der Waals surface area contributed by atoms with Gasteiger partial charge >= 0.3 is 6.09 Å².